The topological polar surface area (TPSA) is 52.9 Å². The van der Waals surface area contributed by atoms with Gasteiger partial charge in [-0.2, -0.15) is 5.10 Å². The summed E-state index contributed by atoms with van der Waals surface area (Å²) in [6.45, 7) is 5.55. The molecule has 1 aromatic rings. The van der Waals surface area contributed by atoms with Crippen LogP contribution in [0.3, 0.4) is 0 Å². The van der Waals surface area contributed by atoms with E-state index in [1.165, 1.54) is 6.92 Å². The van der Waals surface area contributed by atoms with Crippen LogP contribution in [0.4, 0.5) is 5.69 Å². The van der Waals surface area contributed by atoms with Crippen molar-refractivity contribution in [3.8, 4) is 0 Å². The average Bonchev–Trinajstić information content (AvgIpc) is 2.29. The average molecular weight is 218 g/mol. The molecule has 0 aromatic heterocycles. The van der Waals surface area contributed by atoms with Gasteiger partial charge in [0.05, 0.1) is 12.2 Å². The summed E-state index contributed by atoms with van der Waals surface area (Å²) in [7, 11) is 0. The summed E-state index contributed by atoms with van der Waals surface area (Å²) in [6, 6.07) is 9.36. The Balaban J connectivity index is 2.96. The van der Waals surface area contributed by atoms with E-state index in [2.05, 4.69) is 11.7 Å². The van der Waals surface area contributed by atoms with Gasteiger partial charge in [0.25, 0.3) is 0 Å². The fraction of sp³-hybridized carbons (Fsp3) is 0.167. The number of nitrogens with zero attached hydrogens (tertiary/aromatic N) is 2. The number of carboxylic acid groups (broad SMARTS) is 1. The van der Waals surface area contributed by atoms with Crippen molar-refractivity contribution in [2.75, 3.05) is 11.6 Å². The van der Waals surface area contributed by atoms with Gasteiger partial charge in [0.1, 0.15) is 5.71 Å². The second-order valence-electron chi connectivity index (χ2n) is 3.20. The zero-order valence-corrected chi connectivity index (χ0v) is 9.13. The maximum Gasteiger partial charge on any atom is 0.351 e. The molecule has 0 spiro atoms. The van der Waals surface area contributed by atoms with Crippen LogP contribution in [0, 0.1) is 0 Å². The lowest BCUT2D eigenvalue weighted by Gasteiger charge is -2.17. The van der Waals surface area contributed by atoms with Crippen molar-refractivity contribution < 1.29 is 9.90 Å². The molecular weight excluding hydrogens is 204 g/mol. The highest BCUT2D eigenvalue weighted by molar-refractivity contribution is 6.34. The number of hydrogen-bond donors (Lipinski definition) is 1. The van der Waals surface area contributed by atoms with E-state index >= 15 is 0 Å². The highest BCUT2D eigenvalue weighted by Gasteiger charge is 2.07. The molecule has 0 saturated heterocycles. The van der Waals surface area contributed by atoms with Crippen LogP contribution < -0.4 is 5.01 Å². The van der Waals surface area contributed by atoms with E-state index < -0.39 is 5.97 Å². The van der Waals surface area contributed by atoms with Gasteiger partial charge in [0, 0.05) is 0 Å². The third kappa shape index (κ3) is 3.24. The molecule has 1 N–H and O–H groups in total. The lowest BCUT2D eigenvalue weighted by atomic mass is 10.3. The molecule has 0 fully saturated rings. The molecule has 0 unspecified atom stereocenters. The molecule has 0 bridgehead atoms. The lowest BCUT2D eigenvalue weighted by Crippen LogP contribution is -2.21. The first-order valence-corrected chi connectivity index (χ1v) is 4.87. The van der Waals surface area contributed by atoms with Crippen molar-refractivity contribution in [2.24, 2.45) is 5.10 Å². The molecule has 16 heavy (non-hydrogen) atoms. The predicted molar refractivity (Wildman–Crippen MR) is 64.7 cm³/mol. The molecule has 0 saturated carbocycles. The quantitative estimate of drug-likeness (QED) is 0.468. The van der Waals surface area contributed by atoms with Gasteiger partial charge in [-0.1, -0.05) is 24.3 Å². The molecular formula is C12H14N2O2. The summed E-state index contributed by atoms with van der Waals surface area (Å²) in [5.74, 6) is -1.02. The Morgan fingerprint density at radius 2 is 2.12 bits per heavy atom. The maximum atomic E-state index is 10.7. The van der Waals surface area contributed by atoms with E-state index in [9.17, 15) is 4.79 Å². The van der Waals surface area contributed by atoms with E-state index in [0.717, 1.165) is 5.69 Å². The van der Waals surface area contributed by atoms with E-state index in [4.69, 9.17) is 5.11 Å². The molecule has 0 aliphatic carbocycles. The van der Waals surface area contributed by atoms with Gasteiger partial charge < -0.3 is 5.11 Å². The molecule has 1 aromatic carbocycles. The van der Waals surface area contributed by atoms with Gasteiger partial charge in [0.2, 0.25) is 0 Å². The Kier molecular flexibility index (Phi) is 4.27. The molecule has 0 amide bonds. The zero-order chi connectivity index (χ0) is 12.0. The number of aliphatic carboxylic acids is 1. The van der Waals surface area contributed by atoms with Crippen molar-refractivity contribution in [1.29, 1.82) is 0 Å². The van der Waals surface area contributed by atoms with E-state index in [1.54, 1.807) is 11.1 Å². The Labute approximate surface area is 94.5 Å². The van der Waals surface area contributed by atoms with Gasteiger partial charge >= 0.3 is 5.97 Å². The minimum atomic E-state index is -1.02. The third-order valence-corrected chi connectivity index (χ3v) is 1.94. The smallest absolute Gasteiger partial charge is 0.351 e. The van der Waals surface area contributed by atoms with Crippen molar-refractivity contribution in [1.82, 2.24) is 0 Å². The van der Waals surface area contributed by atoms with E-state index in [-0.39, 0.29) is 5.71 Å². The summed E-state index contributed by atoms with van der Waals surface area (Å²) in [5.41, 5.74) is 0.883. The number of benzene rings is 1. The summed E-state index contributed by atoms with van der Waals surface area (Å²) in [5, 5.41) is 14.4. The van der Waals surface area contributed by atoms with Crippen LogP contribution in [-0.2, 0) is 4.79 Å². The molecule has 0 atom stereocenters. The van der Waals surface area contributed by atoms with Crippen molar-refractivity contribution >= 4 is 17.4 Å². The number of anilines is 1. The van der Waals surface area contributed by atoms with E-state index in [0.29, 0.717) is 6.54 Å². The van der Waals surface area contributed by atoms with Crippen LogP contribution >= 0.6 is 0 Å². The first-order chi connectivity index (χ1) is 7.65. The van der Waals surface area contributed by atoms with Crippen LogP contribution in [0.1, 0.15) is 6.92 Å². The second-order valence-corrected chi connectivity index (χ2v) is 3.20. The maximum absolute atomic E-state index is 10.7. The number of hydrazone groups is 1. The van der Waals surface area contributed by atoms with Crippen LogP contribution in [0.5, 0.6) is 0 Å². The van der Waals surface area contributed by atoms with Crippen LogP contribution in [0.2, 0.25) is 0 Å². The Hall–Kier alpha value is -2.10. The second kappa shape index (κ2) is 5.70. The molecule has 0 radical (unpaired) electrons. The number of rotatable bonds is 5. The standard InChI is InChI=1S/C12H14N2O2/c1-3-9-14(13-10(2)12(15)16)11-7-5-4-6-8-11/h3-8H,1,9H2,2H3,(H,15,16)/b13-10-. The highest BCUT2D eigenvalue weighted by atomic mass is 16.4. The number of carbonyl (C=O) groups is 1. The van der Waals surface area contributed by atoms with Crippen molar-refractivity contribution in [2.45, 2.75) is 6.92 Å². The van der Waals surface area contributed by atoms with Crippen LogP contribution in [0.15, 0.2) is 48.1 Å². The number of carboxylic acids is 1. The number of para-hydroxylation sites is 1. The fourth-order valence-electron chi connectivity index (χ4n) is 1.15. The van der Waals surface area contributed by atoms with Gasteiger partial charge in [0.15, 0.2) is 0 Å². The SMILES string of the molecule is C=CCN(/N=C(/C)C(=O)O)c1ccccc1. The largest absolute Gasteiger partial charge is 0.477 e. The van der Waals surface area contributed by atoms with Crippen LogP contribution in [-0.4, -0.2) is 23.3 Å². The number of hydrogen-bond acceptors (Lipinski definition) is 3. The molecule has 84 valence electrons. The minimum absolute atomic E-state index is 0.0469. The van der Waals surface area contributed by atoms with Gasteiger partial charge in [-0.05, 0) is 19.1 Å². The van der Waals surface area contributed by atoms with Gasteiger partial charge in [-0.15, -0.1) is 6.58 Å². The van der Waals surface area contributed by atoms with Crippen molar-refractivity contribution in [3.63, 3.8) is 0 Å². The zero-order valence-electron chi connectivity index (χ0n) is 9.13. The predicted octanol–water partition coefficient (Wildman–Crippen LogP) is 2.14. The Morgan fingerprint density at radius 3 is 2.62 bits per heavy atom. The molecule has 0 heterocycles. The minimum Gasteiger partial charge on any atom is -0.477 e. The highest BCUT2D eigenvalue weighted by Crippen LogP contribution is 2.13. The third-order valence-electron chi connectivity index (χ3n) is 1.94. The van der Waals surface area contributed by atoms with Crippen molar-refractivity contribution in [3.05, 3.63) is 43.0 Å². The Morgan fingerprint density at radius 1 is 1.50 bits per heavy atom. The van der Waals surface area contributed by atoms with E-state index in [1.807, 2.05) is 30.3 Å². The summed E-state index contributed by atoms with van der Waals surface area (Å²) >= 11 is 0. The monoisotopic (exact) mass is 218 g/mol. The fourth-order valence-corrected chi connectivity index (χ4v) is 1.15. The summed E-state index contributed by atoms with van der Waals surface area (Å²) < 4.78 is 0. The molecule has 4 heteroatoms. The molecule has 4 nitrogen and oxygen atoms in total. The summed E-state index contributed by atoms with van der Waals surface area (Å²) in [6.07, 6.45) is 1.67. The first kappa shape index (κ1) is 12.0. The van der Waals surface area contributed by atoms with Gasteiger partial charge in [-0.3, -0.25) is 5.01 Å². The molecule has 0 aliphatic heterocycles. The lowest BCUT2D eigenvalue weighted by molar-refractivity contribution is -0.129. The normalized spacial score (nSPS) is 10.9. The van der Waals surface area contributed by atoms with Gasteiger partial charge in [-0.25, -0.2) is 4.79 Å². The molecule has 0 aliphatic rings. The van der Waals surface area contributed by atoms with Crippen LogP contribution in [0.25, 0.3) is 0 Å². The summed E-state index contributed by atoms with van der Waals surface area (Å²) in [4.78, 5) is 10.7. The molecule has 1 rings (SSSR count). The first-order valence-electron chi connectivity index (χ1n) is 4.87. The Bertz CT molecular complexity index is 399.